The fourth-order valence-electron chi connectivity index (χ4n) is 3.51. The summed E-state index contributed by atoms with van der Waals surface area (Å²) in [5, 5.41) is 2.84. The molecule has 2 aromatic carbocycles. The number of urea groups is 1. The lowest BCUT2D eigenvalue weighted by Crippen LogP contribution is -2.32. The molecule has 15 heteroatoms. The number of anilines is 3. The Hall–Kier alpha value is -4.43. The van der Waals surface area contributed by atoms with Gasteiger partial charge in [-0.2, -0.15) is 13.2 Å². The van der Waals surface area contributed by atoms with Crippen molar-refractivity contribution in [2.24, 2.45) is 0 Å². The molecule has 0 unspecified atom stereocenters. The molecule has 0 aliphatic carbocycles. The third-order valence-electron chi connectivity index (χ3n) is 5.49. The first-order valence-corrected chi connectivity index (χ1v) is 13.5. The topological polar surface area (TPSA) is 140 Å². The summed E-state index contributed by atoms with van der Waals surface area (Å²) in [7, 11) is -2.82. The predicted molar refractivity (Wildman–Crippen MR) is 143 cm³/mol. The fraction of sp³-hybridized carbons (Fsp3) is 0.120. The molecule has 2 aromatic heterocycles. The first kappa shape index (κ1) is 28.6. The van der Waals surface area contributed by atoms with Crippen molar-refractivity contribution in [3.63, 3.8) is 0 Å². The summed E-state index contributed by atoms with van der Waals surface area (Å²) in [6.45, 7) is 0. The van der Waals surface area contributed by atoms with Gasteiger partial charge in [0.25, 0.3) is 0 Å². The van der Waals surface area contributed by atoms with Crippen LogP contribution in [0.1, 0.15) is 5.56 Å². The Morgan fingerprint density at radius 2 is 1.68 bits per heavy atom. The monoisotopic (exact) mass is 592 g/mol. The lowest BCUT2D eigenvalue weighted by Gasteiger charge is -2.22. The van der Waals surface area contributed by atoms with Crippen LogP contribution in [0.4, 0.5) is 35.2 Å². The zero-order valence-corrected chi connectivity index (χ0v) is 22.3. The van der Waals surface area contributed by atoms with Crippen molar-refractivity contribution in [1.29, 1.82) is 0 Å². The van der Waals surface area contributed by atoms with Crippen molar-refractivity contribution in [1.82, 2.24) is 15.0 Å². The Bertz CT molecular complexity index is 1670. The number of benzene rings is 2. The number of pyridine rings is 1. The summed E-state index contributed by atoms with van der Waals surface area (Å²) in [6, 6.07) is 9.51. The van der Waals surface area contributed by atoms with E-state index in [2.05, 4.69) is 20.3 Å². The van der Waals surface area contributed by atoms with E-state index in [1.54, 1.807) is 30.3 Å². The van der Waals surface area contributed by atoms with E-state index < -0.39 is 38.2 Å². The number of hydrogen-bond acceptors (Lipinski definition) is 8. The van der Waals surface area contributed by atoms with Gasteiger partial charge in [-0.1, -0.05) is 23.7 Å². The van der Waals surface area contributed by atoms with Crippen molar-refractivity contribution < 1.29 is 31.1 Å². The highest BCUT2D eigenvalue weighted by Gasteiger charge is 2.33. The molecule has 2 amide bonds. The molecule has 0 fully saturated rings. The molecule has 0 bridgehead atoms. The maximum absolute atomic E-state index is 13.2. The second kappa shape index (κ2) is 11.0. The minimum Gasteiger partial charge on any atom is -0.424 e. The van der Waals surface area contributed by atoms with E-state index in [0.29, 0.717) is 34.3 Å². The van der Waals surface area contributed by atoms with Crippen LogP contribution in [0, 0.1) is 0 Å². The van der Waals surface area contributed by atoms with E-state index in [4.69, 9.17) is 22.1 Å². The molecule has 40 heavy (non-hydrogen) atoms. The van der Waals surface area contributed by atoms with E-state index in [1.807, 2.05) is 0 Å². The average molecular weight is 593 g/mol. The van der Waals surface area contributed by atoms with Crippen molar-refractivity contribution in [3.05, 3.63) is 77.7 Å². The molecule has 0 atom stereocenters. The molecule has 10 nitrogen and oxygen atoms in total. The summed E-state index contributed by atoms with van der Waals surface area (Å²) in [4.78, 5) is 25.1. The predicted octanol–water partition coefficient (Wildman–Crippen LogP) is 5.66. The van der Waals surface area contributed by atoms with Gasteiger partial charge in [0.15, 0.2) is 9.84 Å². The number of hydrogen-bond donors (Lipinski definition) is 2. The number of carbonyl (C=O) groups is 1. The maximum Gasteiger partial charge on any atom is 0.416 e. The second-order valence-corrected chi connectivity index (χ2v) is 10.8. The van der Waals surface area contributed by atoms with Crippen LogP contribution >= 0.6 is 11.6 Å². The van der Waals surface area contributed by atoms with Crippen molar-refractivity contribution in [2.45, 2.75) is 11.1 Å². The van der Waals surface area contributed by atoms with Gasteiger partial charge in [-0.05, 0) is 42.0 Å². The highest BCUT2D eigenvalue weighted by atomic mass is 35.5. The van der Waals surface area contributed by atoms with Gasteiger partial charge < -0.3 is 15.8 Å². The van der Waals surface area contributed by atoms with Gasteiger partial charge in [0.05, 0.1) is 39.3 Å². The van der Waals surface area contributed by atoms with Crippen LogP contribution < -0.4 is 20.7 Å². The standard InChI is InChI=1S/C25H20ClF3N6O4S/c1-35(20-9-15(25(27,28)29)5-8-21(20)40(2,37)38)24(36)34-17-12-32-23(33-13-17)39-18-6-3-14(4-7-18)19-10-16(26)11-31-22(19)30/h3-13H,1-2H3,(H2,30,31)(H,34,36). The molecule has 0 spiro atoms. The number of nitrogen functional groups attached to an aromatic ring is 1. The lowest BCUT2D eigenvalue weighted by molar-refractivity contribution is -0.137. The Balaban J connectivity index is 1.46. The van der Waals surface area contributed by atoms with Crippen LogP contribution in [0.25, 0.3) is 11.1 Å². The van der Waals surface area contributed by atoms with Crippen molar-refractivity contribution in [3.8, 4) is 22.9 Å². The normalized spacial score (nSPS) is 11.7. The Kier molecular flexibility index (Phi) is 7.84. The highest BCUT2D eigenvalue weighted by Crippen LogP contribution is 2.35. The molecule has 0 aliphatic rings. The highest BCUT2D eigenvalue weighted by molar-refractivity contribution is 7.90. The van der Waals surface area contributed by atoms with Crippen LogP contribution in [0.2, 0.25) is 5.02 Å². The van der Waals surface area contributed by atoms with E-state index in [1.165, 1.54) is 18.6 Å². The van der Waals surface area contributed by atoms with E-state index in [0.717, 1.165) is 29.8 Å². The molecule has 2 heterocycles. The molecule has 0 aliphatic heterocycles. The number of aromatic nitrogens is 3. The summed E-state index contributed by atoms with van der Waals surface area (Å²) in [5.74, 6) is 0.706. The molecule has 0 saturated carbocycles. The molecule has 208 valence electrons. The van der Waals surface area contributed by atoms with Gasteiger partial charge in [0.2, 0.25) is 0 Å². The van der Waals surface area contributed by atoms with Gasteiger partial charge in [0, 0.05) is 25.1 Å². The van der Waals surface area contributed by atoms with Gasteiger partial charge in [-0.15, -0.1) is 0 Å². The number of nitrogens with zero attached hydrogens (tertiary/aromatic N) is 4. The smallest absolute Gasteiger partial charge is 0.416 e. The number of ether oxygens (including phenoxy) is 1. The number of amides is 2. The Morgan fingerprint density at radius 3 is 2.27 bits per heavy atom. The largest absolute Gasteiger partial charge is 0.424 e. The number of carbonyl (C=O) groups excluding carboxylic acids is 1. The molecule has 3 N–H and O–H groups in total. The number of nitrogens with two attached hydrogens (primary N) is 1. The van der Waals surface area contributed by atoms with Crippen molar-refractivity contribution in [2.75, 3.05) is 29.3 Å². The van der Waals surface area contributed by atoms with Crippen LogP contribution in [-0.2, 0) is 16.0 Å². The summed E-state index contributed by atoms with van der Waals surface area (Å²) in [5.41, 5.74) is 5.83. The minimum atomic E-state index is -4.74. The van der Waals surface area contributed by atoms with Gasteiger partial charge in [0.1, 0.15) is 11.6 Å². The van der Waals surface area contributed by atoms with Crippen LogP contribution in [0.3, 0.4) is 0 Å². The average Bonchev–Trinajstić information content (AvgIpc) is 2.90. The molecule has 0 radical (unpaired) electrons. The van der Waals surface area contributed by atoms with E-state index >= 15 is 0 Å². The quantitative estimate of drug-likeness (QED) is 0.292. The van der Waals surface area contributed by atoms with Crippen LogP contribution in [0.15, 0.2) is 72.0 Å². The zero-order valence-electron chi connectivity index (χ0n) is 20.8. The van der Waals surface area contributed by atoms with Crippen LogP contribution in [0.5, 0.6) is 11.8 Å². The summed E-state index contributed by atoms with van der Waals surface area (Å²) < 4.78 is 69.5. The molecule has 0 saturated heterocycles. The number of sulfone groups is 1. The van der Waals surface area contributed by atoms with Crippen LogP contribution in [-0.4, -0.2) is 42.7 Å². The number of rotatable bonds is 6. The fourth-order valence-corrected chi connectivity index (χ4v) is 4.56. The van der Waals surface area contributed by atoms with E-state index in [9.17, 15) is 26.4 Å². The van der Waals surface area contributed by atoms with Gasteiger partial charge >= 0.3 is 18.2 Å². The van der Waals surface area contributed by atoms with Crippen molar-refractivity contribution >= 4 is 44.7 Å². The number of alkyl halides is 3. The molecule has 4 aromatic rings. The first-order valence-electron chi connectivity index (χ1n) is 11.2. The van der Waals surface area contributed by atoms with Gasteiger partial charge in [-0.25, -0.2) is 28.2 Å². The Labute approximate surface area is 231 Å². The molecular formula is C25H20ClF3N6O4S. The minimum absolute atomic E-state index is 0.0553. The molecule has 4 rings (SSSR count). The third-order valence-corrected chi connectivity index (χ3v) is 6.84. The molecular weight excluding hydrogens is 573 g/mol. The lowest BCUT2D eigenvalue weighted by atomic mass is 10.1. The zero-order chi connectivity index (χ0) is 29.2. The Morgan fingerprint density at radius 1 is 1.02 bits per heavy atom. The van der Waals surface area contributed by atoms with Gasteiger partial charge in [-0.3, -0.25) is 4.90 Å². The summed E-state index contributed by atoms with van der Waals surface area (Å²) in [6.07, 6.45) is -0.0485. The maximum atomic E-state index is 13.2. The SMILES string of the molecule is CN(C(=O)Nc1cnc(Oc2ccc(-c3cc(Cl)cnc3N)cc2)nc1)c1cc(C(F)(F)F)ccc1S(C)(=O)=O. The second-order valence-electron chi connectivity index (χ2n) is 8.41. The summed E-state index contributed by atoms with van der Waals surface area (Å²) >= 11 is 5.99. The van der Waals surface area contributed by atoms with E-state index in [-0.39, 0.29) is 11.7 Å². The first-order chi connectivity index (χ1) is 18.7. The third kappa shape index (κ3) is 6.58. The number of halogens is 4. The number of nitrogens with one attached hydrogen (secondary N) is 1.